The Balaban J connectivity index is 2.01. The second kappa shape index (κ2) is 6.03. The van der Waals surface area contributed by atoms with Crippen LogP contribution < -0.4 is 10.1 Å². The number of ether oxygens (including phenoxy) is 2. The van der Waals surface area contributed by atoms with E-state index >= 15 is 0 Å². The van der Waals surface area contributed by atoms with Crippen LogP contribution in [0.25, 0.3) is 0 Å². The van der Waals surface area contributed by atoms with Gasteiger partial charge in [0.2, 0.25) is 0 Å². The van der Waals surface area contributed by atoms with Crippen molar-refractivity contribution in [2.75, 3.05) is 19.8 Å². The maximum absolute atomic E-state index is 5.79. The molecule has 0 spiro atoms. The lowest BCUT2D eigenvalue weighted by Gasteiger charge is -2.30. The summed E-state index contributed by atoms with van der Waals surface area (Å²) in [5, 5.41) is 3.42. The summed E-state index contributed by atoms with van der Waals surface area (Å²) in [7, 11) is 0. The van der Waals surface area contributed by atoms with E-state index in [1.807, 2.05) is 12.1 Å². The fourth-order valence-corrected chi connectivity index (χ4v) is 2.08. The molecule has 3 nitrogen and oxygen atoms in total. The van der Waals surface area contributed by atoms with Gasteiger partial charge in [-0.3, -0.25) is 0 Å². The highest BCUT2D eigenvalue weighted by molar-refractivity contribution is 5.29. The fourth-order valence-electron chi connectivity index (χ4n) is 2.08. The highest BCUT2D eigenvalue weighted by Gasteiger charge is 2.22. The fraction of sp³-hybridized carbons (Fsp3) is 0.571. The predicted octanol–water partition coefficient (Wildman–Crippen LogP) is 2.52. The van der Waals surface area contributed by atoms with Crippen molar-refractivity contribution < 1.29 is 9.47 Å². The van der Waals surface area contributed by atoms with Gasteiger partial charge in [0.25, 0.3) is 0 Å². The van der Waals surface area contributed by atoms with Gasteiger partial charge >= 0.3 is 0 Å². The van der Waals surface area contributed by atoms with E-state index in [1.54, 1.807) is 0 Å². The molecular formula is C14H21NO2. The summed E-state index contributed by atoms with van der Waals surface area (Å²) >= 11 is 0. The molecule has 1 saturated heterocycles. The van der Waals surface area contributed by atoms with Crippen LogP contribution in [0.1, 0.15) is 31.9 Å². The van der Waals surface area contributed by atoms with Crippen LogP contribution in [0.15, 0.2) is 24.3 Å². The molecule has 0 bridgehead atoms. The van der Waals surface area contributed by atoms with Crippen molar-refractivity contribution in [3.8, 4) is 5.75 Å². The third kappa shape index (κ3) is 3.20. The average molecular weight is 235 g/mol. The predicted molar refractivity (Wildman–Crippen MR) is 68.4 cm³/mol. The van der Waals surface area contributed by atoms with Gasteiger partial charge < -0.3 is 14.8 Å². The van der Waals surface area contributed by atoms with E-state index < -0.39 is 0 Å². The summed E-state index contributed by atoms with van der Waals surface area (Å²) in [6, 6.07) is 8.61. The van der Waals surface area contributed by atoms with Gasteiger partial charge in [-0.05, 0) is 31.0 Å². The second-order valence-corrected chi connectivity index (χ2v) is 4.45. The van der Waals surface area contributed by atoms with Crippen molar-refractivity contribution >= 4 is 0 Å². The molecule has 1 aliphatic heterocycles. The first-order valence-corrected chi connectivity index (χ1v) is 6.39. The van der Waals surface area contributed by atoms with E-state index in [0.717, 1.165) is 31.9 Å². The minimum Gasteiger partial charge on any atom is -0.494 e. The Morgan fingerprint density at radius 1 is 1.35 bits per heavy atom. The minimum absolute atomic E-state index is 0.156. The summed E-state index contributed by atoms with van der Waals surface area (Å²) in [5.74, 6) is 0.937. The van der Waals surface area contributed by atoms with Crippen LogP contribution in [0.4, 0.5) is 0 Å². The monoisotopic (exact) mass is 235 g/mol. The molecular weight excluding hydrogens is 214 g/mol. The molecule has 0 radical (unpaired) electrons. The lowest BCUT2D eigenvalue weighted by Crippen LogP contribution is -2.41. The van der Waals surface area contributed by atoms with Crippen molar-refractivity contribution in [1.29, 1.82) is 0 Å². The summed E-state index contributed by atoms with van der Waals surface area (Å²) < 4.78 is 11.4. The van der Waals surface area contributed by atoms with Gasteiger partial charge in [0, 0.05) is 12.6 Å². The minimum atomic E-state index is 0.156. The van der Waals surface area contributed by atoms with Crippen molar-refractivity contribution in [3.63, 3.8) is 0 Å². The largest absolute Gasteiger partial charge is 0.494 e. The quantitative estimate of drug-likeness (QED) is 0.870. The Labute approximate surface area is 103 Å². The van der Waals surface area contributed by atoms with Crippen LogP contribution >= 0.6 is 0 Å². The number of rotatable bonds is 4. The Hall–Kier alpha value is -1.06. The number of nitrogens with one attached hydrogen (secondary N) is 1. The summed E-state index contributed by atoms with van der Waals surface area (Å²) in [6.45, 7) is 6.76. The summed E-state index contributed by atoms with van der Waals surface area (Å²) in [4.78, 5) is 0. The highest BCUT2D eigenvalue weighted by Crippen LogP contribution is 2.25. The zero-order valence-electron chi connectivity index (χ0n) is 10.6. The molecule has 1 fully saturated rings. The molecule has 2 atom stereocenters. The molecule has 94 valence electrons. The zero-order valence-corrected chi connectivity index (χ0v) is 10.6. The van der Waals surface area contributed by atoms with Crippen molar-refractivity contribution in [1.82, 2.24) is 5.32 Å². The van der Waals surface area contributed by atoms with Gasteiger partial charge in [-0.25, -0.2) is 0 Å². The van der Waals surface area contributed by atoms with E-state index in [9.17, 15) is 0 Å². The molecule has 1 aromatic carbocycles. The number of benzene rings is 1. The lowest BCUT2D eigenvalue weighted by molar-refractivity contribution is -0.000248. The van der Waals surface area contributed by atoms with Gasteiger partial charge in [0.15, 0.2) is 0 Å². The van der Waals surface area contributed by atoms with E-state index in [0.29, 0.717) is 6.04 Å². The second-order valence-electron chi connectivity index (χ2n) is 4.45. The third-order valence-corrected chi connectivity index (χ3v) is 3.00. The molecule has 1 N–H and O–H groups in total. The SMILES string of the molecule is CCCOc1ccc(C2OCCNC2C)cc1. The molecule has 0 amide bonds. The van der Waals surface area contributed by atoms with Crippen LogP contribution in [0, 0.1) is 0 Å². The van der Waals surface area contributed by atoms with Crippen molar-refractivity contribution in [3.05, 3.63) is 29.8 Å². The number of hydrogen-bond acceptors (Lipinski definition) is 3. The van der Waals surface area contributed by atoms with E-state index in [2.05, 4.69) is 31.3 Å². The molecule has 1 aliphatic rings. The van der Waals surface area contributed by atoms with Gasteiger partial charge in [0.05, 0.1) is 19.3 Å². The topological polar surface area (TPSA) is 30.5 Å². The van der Waals surface area contributed by atoms with Crippen LogP contribution in [0.2, 0.25) is 0 Å². The van der Waals surface area contributed by atoms with Gasteiger partial charge in [-0.1, -0.05) is 19.1 Å². The van der Waals surface area contributed by atoms with Crippen LogP contribution in [-0.4, -0.2) is 25.8 Å². The van der Waals surface area contributed by atoms with Crippen LogP contribution in [-0.2, 0) is 4.74 Å². The standard InChI is InChI=1S/C14H21NO2/c1-3-9-16-13-6-4-12(5-7-13)14-11(2)15-8-10-17-14/h4-7,11,14-15H,3,8-10H2,1-2H3. The van der Waals surface area contributed by atoms with Crippen LogP contribution in [0.3, 0.4) is 0 Å². The van der Waals surface area contributed by atoms with E-state index in [-0.39, 0.29) is 6.10 Å². The number of hydrogen-bond donors (Lipinski definition) is 1. The van der Waals surface area contributed by atoms with Gasteiger partial charge in [-0.15, -0.1) is 0 Å². The molecule has 0 aliphatic carbocycles. The average Bonchev–Trinajstić information content (AvgIpc) is 2.38. The normalized spacial score (nSPS) is 24.6. The first-order chi connectivity index (χ1) is 8.31. The molecule has 0 aromatic heterocycles. The smallest absolute Gasteiger partial charge is 0.119 e. The van der Waals surface area contributed by atoms with Crippen molar-refractivity contribution in [2.24, 2.45) is 0 Å². The van der Waals surface area contributed by atoms with E-state index in [4.69, 9.17) is 9.47 Å². The Bertz CT molecular complexity index is 337. The third-order valence-electron chi connectivity index (χ3n) is 3.00. The first-order valence-electron chi connectivity index (χ1n) is 6.39. The summed E-state index contributed by atoms with van der Waals surface area (Å²) in [5.41, 5.74) is 1.22. The van der Waals surface area contributed by atoms with Crippen LogP contribution in [0.5, 0.6) is 5.75 Å². The maximum atomic E-state index is 5.79. The molecule has 2 unspecified atom stereocenters. The zero-order chi connectivity index (χ0) is 12.1. The van der Waals surface area contributed by atoms with Gasteiger partial charge in [-0.2, -0.15) is 0 Å². The first kappa shape index (κ1) is 12.4. The molecule has 3 heteroatoms. The Morgan fingerprint density at radius 2 is 2.12 bits per heavy atom. The van der Waals surface area contributed by atoms with Gasteiger partial charge in [0.1, 0.15) is 5.75 Å². The van der Waals surface area contributed by atoms with E-state index in [1.165, 1.54) is 5.56 Å². The van der Waals surface area contributed by atoms with Crippen molar-refractivity contribution in [2.45, 2.75) is 32.4 Å². The molecule has 1 heterocycles. The highest BCUT2D eigenvalue weighted by atomic mass is 16.5. The maximum Gasteiger partial charge on any atom is 0.119 e. The number of morpholine rings is 1. The Morgan fingerprint density at radius 3 is 2.76 bits per heavy atom. The molecule has 0 saturated carbocycles. The molecule has 1 aromatic rings. The lowest BCUT2D eigenvalue weighted by atomic mass is 10.0. The molecule has 2 rings (SSSR count). The summed E-state index contributed by atoms with van der Waals surface area (Å²) in [6.07, 6.45) is 1.19. The Kier molecular flexibility index (Phi) is 4.40. The molecule has 17 heavy (non-hydrogen) atoms.